The monoisotopic (exact) mass is 474 g/mol. The second-order valence-corrected chi connectivity index (χ2v) is 8.54. The Kier molecular flexibility index (Phi) is 9.21. The third kappa shape index (κ3) is 6.88. The minimum Gasteiger partial charge on any atom is -0.463 e. The molecular weight excluding hydrogens is 451 g/mol. The first kappa shape index (κ1) is 25.0. The van der Waals surface area contributed by atoms with Crippen molar-refractivity contribution < 1.29 is 29.2 Å². The van der Waals surface area contributed by atoms with Crippen molar-refractivity contribution in [3.05, 3.63) is 39.9 Å². The predicted molar refractivity (Wildman–Crippen MR) is 113 cm³/mol. The number of nitro groups is 1. The number of nitrogens with zero attached hydrogens (tertiary/aromatic N) is 1. The number of alkyl halides is 2. The number of amides is 1. The fourth-order valence-corrected chi connectivity index (χ4v) is 3.79. The number of hydrogen-bond donors (Lipinski definition) is 2. The van der Waals surface area contributed by atoms with Gasteiger partial charge in [0.25, 0.3) is 11.6 Å². The highest BCUT2D eigenvalue weighted by atomic mass is 35.5. The predicted octanol–water partition coefficient (Wildman–Crippen LogP) is 2.86. The lowest BCUT2D eigenvalue weighted by atomic mass is 9.77. The first-order chi connectivity index (χ1) is 14.6. The van der Waals surface area contributed by atoms with Gasteiger partial charge in [-0.3, -0.25) is 24.5 Å². The summed E-state index contributed by atoms with van der Waals surface area (Å²) >= 11 is 11.1. The number of ketones is 1. The number of rotatable bonds is 9. The summed E-state index contributed by atoms with van der Waals surface area (Å²) in [5.41, 5.74) is 0.0871. The molecule has 2 unspecified atom stereocenters. The second-order valence-electron chi connectivity index (χ2n) is 7.45. The van der Waals surface area contributed by atoms with Gasteiger partial charge in [0.05, 0.1) is 16.9 Å². The van der Waals surface area contributed by atoms with Gasteiger partial charge in [0, 0.05) is 18.1 Å². The summed E-state index contributed by atoms with van der Waals surface area (Å²) < 4.78 is 5.35. The van der Waals surface area contributed by atoms with Crippen molar-refractivity contribution in [2.75, 3.05) is 6.61 Å². The topological polar surface area (TPSA) is 136 Å². The summed E-state index contributed by atoms with van der Waals surface area (Å²) in [5.74, 6) is -2.45. The summed E-state index contributed by atoms with van der Waals surface area (Å²) in [6.07, 6.45) is 1.44. The maximum atomic E-state index is 12.6. The molecule has 0 aromatic heterocycles. The van der Waals surface area contributed by atoms with Crippen LogP contribution in [0.2, 0.25) is 0 Å². The van der Waals surface area contributed by atoms with Gasteiger partial charge < -0.3 is 15.2 Å². The standard InChI is InChI=1S/C20H24Cl2N2O7/c1-11(25)14-4-2-3-5-15(14)20(28)31-10-16(23-19(27)18(21)22)17(26)12-6-8-13(9-7-12)24(29)30/h6-9,14-18,26H,2-5,10H2,1H3,(H,23,27)/t14-,15+,16?,17?/m0/s1. The van der Waals surface area contributed by atoms with E-state index in [2.05, 4.69) is 5.32 Å². The summed E-state index contributed by atoms with van der Waals surface area (Å²) in [4.78, 5) is 45.3. The Bertz CT molecular complexity index is 816. The highest BCUT2D eigenvalue weighted by molar-refractivity contribution is 6.53. The second kappa shape index (κ2) is 11.4. The van der Waals surface area contributed by atoms with Crippen LogP contribution in [0.4, 0.5) is 5.69 Å². The quantitative estimate of drug-likeness (QED) is 0.243. The van der Waals surface area contributed by atoms with E-state index in [0.29, 0.717) is 12.8 Å². The molecule has 0 aliphatic heterocycles. The maximum Gasteiger partial charge on any atom is 0.309 e. The molecule has 1 saturated carbocycles. The van der Waals surface area contributed by atoms with Gasteiger partial charge in [-0.2, -0.15) is 0 Å². The Balaban J connectivity index is 2.13. The largest absolute Gasteiger partial charge is 0.463 e. The number of aliphatic hydroxyl groups excluding tert-OH is 1. The fraction of sp³-hybridized carbons (Fsp3) is 0.550. The molecule has 1 aromatic carbocycles. The van der Waals surface area contributed by atoms with E-state index < -0.39 is 52.2 Å². The van der Waals surface area contributed by atoms with Crippen LogP contribution >= 0.6 is 23.2 Å². The lowest BCUT2D eigenvalue weighted by Crippen LogP contribution is -2.45. The van der Waals surface area contributed by atoms with Gasteiger partial charge in [0.2, 0.25) is 0 Å². The van der Waals surface area contributed by atoms with E-state index >= 15 is 0 Å². The van der Waals surface area contributed by atoms with Gasteiger partial charge in [0.15, 0.2) is 4.84 Å². The number of carbonyl (C=O) groups is 3. The highest BCUT2D eigenvalue weighted by Gasteiger charge is 2.36. The van der Waals surface area contributed by atoms with E-state index in [4.69, 9.17) is 27.9 Å². The Hall–Kier alpha value is -2.23. The van der Waals surface area contributed by atoms with E-state index in [1.807, 2.05) is 0 Å². The zero-order chi connectivity index (χ0) is 23.1. The molecule has 1 aliphatic carbocycles. The van der Waals surface area contributed by atoms with E-state index in [0.717, 1.165) is 12.8 Å². The molecule has 1 aromatic rings. The number of nitro benzene ring substituents is 1. The molecule has 9 nitrogen and oxygen atoms in total. The van der Waals surface area contributed by atoms with Crippen molar-refractivity contribution in [1.82, 2.24) is 5.32 Å². The Morgan fingerprint density at radius 2 is 1.77 bits per heavy atom. The molecule has 2 rings (SSSR count). The average Bonchev–Trinajstić information content (AvgIpc) is 2.75. The van der Waals surface area contributed by atoms with Crippen LogP contribution in [0.15, 0.2) is 24.3 Å². The maximum absolute atomic E-state index is 12.6. The zero-order valence-electron chi connectivity index (χ0n) is 16.8. The molecule has 1 fully saturated rings. The number of carbonyl (C=O) groups excluding carboxylic acids is 3. The minimum absolute atomic E-state index is 0.0791. The molecule has 2 N–H and O–H groups in total. The van der Waals surface area contributed by atoms with E-state index in [1.54, 1.807) is 0 Å². The summed E-state index contributed by atoms with van der Waals surface area (Å²) in [6, 6.07) is 3.95. The van der Waals surface area contributed by atoms with Crippen molar-refractivity contribution in [1.29, 1.82) is 0 Å². The molecule has 1 aliphatic rings. The third-order valence-electron chi connectivity index (χ3n) is 5.35. The van der Waals surface area contributed by atoms with Crippen LogP contribution < -0.4 is 5.32 Å². The Morgan fingerprint density at radius 1 is 1.19 bits per heavy atom. The number of hydrogen-bond acceptors (Lipinski definition) is 7. The molecule has 1 amide bonds. The van der Waals surface area contributed by atoms with Crippen molar-refractivity contribution in [2.24, 2.45) is 11.8 Å². The number of benzene rings is 1. The van der Waals surface area contributed by atoms with Gasteiger partial charge in [0.1, 0.15) is 18.5 Å². The number of ether oxygens (including phenoxy) is 1. The molecule has 0 heterocycles. The molecule has 0 spiro atoms. The smallest absolute Gasteiger partial charge is 0.309 e. The number of nitrogens with one attached hydrogen (secondary N) is 1. The SMILES string of the molecule is CC(=O)[C@@H]1CCCC[C@H]1C(=O)OCC(NC(=O)C(Cl)Cl)C(O)c1ccc([N+](=O)[O-])cc1. The summed E-state index contributed by atoms with van der Waals surface area (Å²) in [7, 11) is 0. The number of esters is 1. The van der Waals surface area contributed by atoms with Gasteiger partial charge in [-0.25, -0.2) is 0 Å². The van der Waals surface area contributed by atoms with Gasteiger partial charge >= 0.3 is 5.97 Å². The van der Waals surface area contributed by atoms with E-state index in [9.17, 15) is 29.6 Å². The van der Waals surface area contributed by atoms with Crippen LogP contribution in [0.25, 0.3) is 0 Å². The first-order valence-corrected chi connectivity index (χ1v) is 10.7. The van der Waals surface area contributed by atoms with Crippen LogP contribution in [-0.4, -0.2) is 45.2 Å². The lowest BCUT2D eigenvalue weighted by molar-refractivity contribution is -0.384. The molecule has 170 valence electrons. The first-order valence-electron chi connectivity index (χ1n) is 9.79. The number of non-ortho nitro benzene ring substituents is 1. The van der Waals surface area contributed by atoms with Gasteiger partial charge in [-0.05, 0) is 37.5 Å². The van der Waals surface area contributed by atoms with Gasteiger partial charge in [-0.1, -0.05) is 36.0 Å². The highest BCUT2D eigenvalue weighted by Crippen LogP contribution is 2.32. The Labute approximate surface area is 189 Å². The van der Waals surface area contributed by atoms with E-state index in [1.165, 1.54) is 31.2 Å². The number of halogens is 2. The van der Waals surface area contributed by atoms with Crippen molar-refractivity contribution in [3.63, 3.8) is 0 Å². The number of aliphatic hydroxyl groups is 1. The van der Waals surface area contributed by atoms with Crippen LogP contribution in [0, 0.1) is 22.0 Å². The fourth-order valence-electron chi connectivity index (χ4n) is 3.66. The van der Waals surface area contributed by atoms with Crippen LogP contribution in [0.1, 0.15) is 44.3 Å². The summed E-state index contributed by atoms with van der Waals surface area (Å²) in [6.45, 7) is 1.04. The van der Waals surface area contributed by atoms with Crippen molar-refractivity contribution in [2.45, 2.75) is 49.6 Å². The molecule has 0 bridgehead atoms. The average molecular weight is 475 g/mol. The van der Waals surface area contributed by atoms with Gasteiger partial charge in [-0.15, -0.1) is 0 Å². The molecule has 11 heteroatoms. The normalized spacial score (nSPS) is 20.5. The van der Waals surface area contributed by atoms with Crippen molar-refractivity contribution in [3.8, 4) is 0 Å². The van der Waals surface area contributed by atoms with E-state index in [-0.39, 0.29) is 17.0 Å². The van der Waals surface area contributed by atoms with Crippen LogP contribution in [-0.2, 0) is 19.1 Å². The molecular formula is C20H24Cl2N2O7. The third-order valence-corrected chi connectivity index (χ3v) is 5.74. The molecule has 31 heavy (non-hydrogen) atoms. The Morgan fingerprint density at radius 3 is 2.29 bits per heavy atom. The lowest BCUT2D eigenvalue weighted by Gasteiger charge is -2.29. The molecule has 0 radical (unpaired) electrons. The number of Topliss-reactive ketones (excluding diaryl/α,β-unsaturated/α-hetero) is 1. The van der Waals surface area contributed by atoms with Crippen molar-refractivity contribution >= 4 is 46.5 Å². The zero-order valence-corrected chi connectivity index (χ0v) is 18.3. The molecule has 4 atom stereocenters. The summed E-state index contributed by atoms with van der Waals surface area (Å²) in [5, 5.41) is 23.9. The van der Waals surface area contributed by atoms with Crippen LogP contribution in [0.3, 0.4) is 0 Å². The van der Waals surface area contributed by atoms with Crippen LogP contribution in [0.5, 0.6) is 0 Å². The minimum atomic E-state index is -1.41. The molecule has 0 saturated heterocycles.